The quantitative estimate of drug-likeness (QED) is 0.730. The van der Waals surface area contributed by atoms with Gasteiger partial charge in [-0.3, -0.25) is 4.79 Å². The number of rotatable bonds is 4. The number of amides is 1. The maximum Gasteiger partial charge on any atom is 0.360 e. The van der Waals surface area contributed by atoms with Crippen molar-refractivity contribution < 1.29 is 14.3 Å². The van der Waals surface area contributed by atoms with Gasteiger partial charge in [-0.25, -0.2) is 9.48 Å². The second-order valence-corrected chi connectivity index (χ2v) is 4.48. The highest BCUT2D eigenvalue weighted by Gasteiger charge is 2.23. The van der Waals surface area contributed by atoms with Crippen molar-refractivity contribution in [1.29, 1.82) is 0 Å². The number of nitrogens with zero attached hydrogens (tertiary/aromatic N) is 4. The lowest BCUT2D eigenvalue weighted by Gasteiger charge is -2.15. The Hall–Kier alpha value is -1.92. The summed E-state index contributed by atoms with van der Waals surface area (Å²) < 4.78 is 6.14. The summed E-state index contributed by atoms with van der Waals surface area (Å²) in [5.41, 5.74) is 0.832. The lowest BCUT2D eigenvalue weighted by atomic mass is 10.2. The highest BCUT2D eigenvalue weighted by molar-refractivity contribution is 5.88. The largest absolute Gasteiger partial charge is 0.464 e. The van der Waals surface area contributed by atoms with E-state index in [-0.39, 0.29) is 18.1 Å². The number of carbonyl (C=O) groups is 2. The van der Waals surface area contributed by atoms with E-state index < -0.39 is 5.97 Å². The fourth-order valence-corrected chi connectivity index (χ4v) is 2.26. The fourth-order valence-electron chi connectivity index (χ4n) is 2.26. The van der Waals surface area contributed by atoms with Gasteiger partial charge in [0.05, 0.1) is 12.8 Å². The molecule has 0 saturated carbocycles. The van der Waals surface area contributed by atoms with Crippen molar-refractivity contribution in [2.24, 2.45) is 0 Å². The van der Waals surface area contributed by atoms with Crippen LogP contribution in [0.15, 0.2) is 0 Å². The number of carbonyl (C=O) groups excluding carboxylic acids is 2. The van der Waals surface area contributed by atoms with E-state index in [1.807, 2.05) is 11.8 Å². The smallest absolute Gasteiger partial charge is 0.360 e. The van der Waals surface area contributed by atoms with Gasteiger partial charge in [-0.1, -0.05) is 12.1 Å². The molecular weight excluding hydrogens is 248 g/mol. The van der Waals surface area contributed by atoms with Crippen LogP contribution < -0.4 is 0 Å². The number of esters is 1. The van der Waals surface area contributed by atoms with E-state index in [1.54, 1.807) is 0 Å². The Bertz CT molecular complexity index is 477. The first-order chi connectivity index (χ1) is 9.17. The molecule has 1 aliphatic heterocycles. The molecule has 0 spiro atoms. The third-order valence-electron chi connectivity index (χ3n) is 3.30. The minimum atomic E-state index is -0.517. The number of methoxy groups -OCH3 is 1. The molecule has 1 aliphatic rings. The molecule has 1 amide bonds. The van der Waals surface area contributed by atoms with Crippen LogP contribution in [-0.2, 0) is 22.5 Å². The molecule has 0 unspecified atom stereocenters. The van der Waals surface area contributed by atoms with Crippen LogP contribution in [0.2, 0.25) is 0 Å². The van der Waals surface area contributed by atoms with Crippen LogP contribution in [0, 0.1) is 0 Å². The van der Waals surface area contributed by atoms with Gasteiger partial charge < -0.3 is 9.64 Å². The van der Waals surface area contributed by atoms with Crippen LogP contribution in [0.4, 0.5) is 0 Å². The Kier molecular flexibility index (Phi) is 4.13. The first-order valence-corrected chi connectivity index (χ1v) is 6.45. The van der Waals surface area contributed by atoms with Gasteiger partial charge in [-0.15, -0.1) is 5.10 Å². The van der Waals surface area contributed by atoms with Gasteiger partial charge >= 0.3 is 5.97 Å². The van der Waals surface area contributed by atoms with Crippen molar-refractivity contribution >= 4 is 11.9 Å². The van der Waals surface area contributed by atoms with E-state index >= 15 is 0 Å². The highest BCUT2D eigenvalue weighted by Crippen LogP contribution is 2.11. The predicted octanol–water partition coefficient (Wildman–Crippen LogP) is 0.249. The topological polar surface area (TPSA) is 77.3 Å². The van der Waals surface area contributed by atoms with Gasteiger partial charge in [0.25, 0.3) is 0 Å². The number of aromatic nitrogens is 3. The Morgan fingerprint density at radius 3 is 2.58 bits per heavy atom. The van der Waals surface area contributed by atoms with Crippen molar-refractivity contribution in [1.82, 2.24) is 19.9 Å². The van der Waals surface area contributed by atoms with E-state index in [0.29, 0.717) is 12.1 Å². The zero-order valence-electron chi connectivity index (χ0n) is 11.3. The van der Waals surface area contributed by atoms with Crippen LogP contribution >= 0.6 is 0 Å². The average Bonchev–Trinajstić information content (AvgIpc) is 3.06. The van der Waals surface area contributed by atoms with E-state index in [2.05, 4.69) is 15.0 Å². The molecule has 0 radical (unpaired) electrons. The molecule has 2 rings (SSSR count). The van der Waals surface area contributed by atoms with Gasteiger partial charge in [0.1, 0.15) is 6.54 Å². The summed E-state index contributed by atoms with van der Waals surface area (Å²) in [6, 6.07) is 0. The zero-order valence-corrected chi connectivity index (χ0v) is 11.3. The molecule has 7 nitrogen and oxygen atoms in total. The van der Waals surface area contributed by atoms with E-state index in [1.165, 1.54) is 11.8 Å². The van der Waals surface area contributed by atoms with Crippen LogP contribution in [-0.4, -0.2) is 52.0 Å². The molecule has 1 aromatic heterocycles. The zero-order chi connectivity index (χ0) is 13.8. The van der Waals surface area contributed by atoms with E-state index in [9.17, 15) is 9.59 Å². The lowest BCUT2D eigenvalue weighted by Crippen LogP contribution is -2.32. The number of likely N-dealkylation sites (tertiary alicyclic amines) is 1. The Morgan fingerprint density at radius 1 is 1.32 bits per heavy atom. The SMILES string of the molecule is CCc1c(C(=O)OC)nnn1CC(=O)N1CCCC1. The Labute approximate surface area is 111 Å². The summed E-state index contributed by atoms with van der Waals surface area (Å²) in [7, 11) is 1.30. The molecule has 1 fully saturated rings. The van der Waals surface area contributed by atoms with Crippen molar-refractivity contribution in [3.63, 3.8) is 0 Å². The summed E-state index contributed by atoms with van der Waals surface area (Å²) in [6.45, 7) is 3.63. The molecular formula is C12H18N4O3. The van der Waals surface area contributed by atoms with Crippen molar-refractivity contribution in [3.05, 3.63) is 11.4 Å². The normalized spacial score (nSPS) is 14.7. The number of hydrogen-bond donors (Lipinski definition) is 0. The van der Waals surface area contributed by atoms with Crippen molar-refractivity contribution in [2.45, 2.75) is 32.7 Å². The van der Waals surface area contributed by atoms with Gasteiger partial charge in [-0.05, 0) is 19.3 Å². The van der Waals surface area contributed by atoms with Crippen molar-refractivity contribution in [2.75, 3.05) is 20.2 Å². The molecule has 7 heteroatoms. The van der Waals surface area contributed by atoms with Crippen LogP contribution in [0.3, 0.4) is 0 Å². The highest BCUT2D eigenvalue weighted by atomic mass is 16.5. The number of hydrogen-bond acceptors (Lipinski definition) is 5. The monoisotopic (exact) mass is 266 g/mol. The Balaban J connectivity index is 2.13. The molecule has 2 heterocycles. The van der Waals surface area contributed by atoms with Gasteiger partial charge in [0.2, 0.25) is 5.91 Å². The minimum Gasteiger partial charge on any atom is -0.464 e. The third-order valence-corrected chi connectivity index (χ3v) is 3.30. The molecule has 19 heavy (non-hydrogen) atoms. The summed E-state index contributed by atoms with van der Waals surface area (Å²) in [5.74, 6) is -0.495. The summed E-state index contributed by atoms with van der Waals surface area (Å²) in [5, 5.41) is 7.69. The van der Waals surface area contributed by atoms with Crippen LogP contribution in [0.1, 0.15) is 35.9 Å². The van der Waals surface area contributed by atoms with Crippen molar-refractivity contribution in [3.8, 4) is 0 Å². The molecule has 0 bridgehead atoms. The van der Waals surface area contributed by atoms with Gasteiger partial charge in [0, 0.05) is 13.1 Å². The summed E-state index contributed by atoms with van der Waals surface area (Å²) in [4.78, 5) is 25.4. The standard InChI is InChI=1S/C12H18N4O3/c1-3-9-11(12(18)19-2)13-14-16(9)8-10(17)15-6-4-5-7-15/h3-8H2,1-2H3. The average molecular weight is 266 g/mol. The molecule has 0 aliphatic carbocycles. The second-order valence-electron chi connectivity index (χ2n) is 4.48. The lowest BCUT2D eigenvalue weighted by molar-refractivity contribution is -0.131. The predicted molar refractivity (Wildman–Crippen MR) is 66.6 cm³/mol. The third kappa shape index (κ3) is 2.74. The number of ether oxygens (including phenoxy) is 1. The minimum absolute atomic E-state index is 0.0218. The first kappa shape index (κ1) is 13.5. The molecule has 0 aromatic carbocycles. The fraction of sp³-hybridized carbons (Fsp3) is 0.667. The first-order valence-electron chi connectivity index (χ1n) is 6.45. The van der Waals surface area contributed by atoms with Crippen LogP contribution in [0.25, 0.3) is 0 Å². The molecule has 104 valence electrons. The molecule has 1 aromatic rings. The van der Waals surface area contributed by atoms with E-state index in [0.717, 1.165) is 25.9 Å². The molecule has 0 atom stereocenters. The van der Waals surface area contributed by atoms with Gasteiger partial charge in [0.15, 0.2) is 5.69 Å². The molecule has 0 N–H and O–H groups in total. The Morgan fingerprint density at radius 2 is 2.00 bits per heavy atom. The second kappa shape index (κ2) is 5.81. The van der Waals surface area contributed by atoms with Crippen LogP contribution in [0.5, 0.6) is 0 Å². The van der Waals surface area contributed by atoms with Gasteiger partial charge in [-0.2, -0.15) is 0 Å². The summed E-state index contributed by atoms with van der Waals surface area (Å²) >= 11 is 0. The molecule has 1 saturated heterocycles. The van der Waals surface area contributed by atoms with E-state index in [4.69, 9.17) is 0 Å². The summed E-state index contributed by atoms with van der Waals surface area (Å²) in [6.07, 6.45) is 2.68. The maximum absolute atomic E-state index is 12.1. The maximum atomic E-state index is 12.1.